The number of carbonyl (C=O) groups excluding carboxylic acids is 3. The average molecular weight is 787 g/mol. The number of hydrogen-bond donors (Lipinski definition) is 2. The molecular formula is C40H54N2O12S. The highest BCUT2D eigenvalue weighted by Gasteiger charge is 2.33. The van der Waals surface area contributed by atoms with Crippen LogP contribution >= 0.6 is 0 Å². The summed E-state index contributed by atoms with van der Waals surface area (Å²) in [6, 6.07) is 15.3. The second kappa shape index (κ2) is 19.5. The first-order chi connectivity index (χ1) is 25.7. The van der Waals surface area contributed by atoms with Crippen LogP contribution in [0.2, 0.25) is 0 Å². The fourth-order valence-electron chi connectivity index (χ4n) is 5.26. The lowest BCUT2D eigenvalue weighted by atomic mass is 9.91. The van der Waals surface area contributed by atoms with Gasteiger partial charge in [0.15, 0.2) is 0 Å². The van der Waals surface area contributed by atoms with Gasteiger partial charge in [0.1, 0.15) is 53.5 Å². The third kappa shape index (κ3) is 14.6. The monoisotopic (exact) mass is 786 g/mol. The quantitative estimate of drug-likeness (QED) is 0.0889. The van der Waals surface area contributed by atoms with E-state index in [1.54, 1.807) is 90.1 Å². The minimum atomic E-state index is -3.94. The predicted octanol–water partition coefficient (Wildman–Crippen LogP) is 5.91. The van der Waals surface area contributed by atoms with Crippen molar-refractivity contribution >= 4 is 28.1 Å². The number of amides is 2. The molecule has 0 fully saturated rings. The van der Waals surface area contributed by atoms with Gasteiger partial charge in [0.05, 0.1) is 38.3 Å². The number of methoxy groups -OCH3 is 3. The van der Waals surface area contributed by atoms with Crippen LogP contribution < -0.4 is 29.6 Å². The summed E-state index contributed by atoms with van der Waals surface area (Å²) in [5.41, 5.74) is 0.473. The van der Waals surface area contributed by atoms with Crippen LogP contribution in [0.15, 0.2) is 65.6 Å². The zero-order valence-corrected chi connectivity index (χ0v) is 34.1. The molecule has 0 unspecified atom stereocenters. The molecule has 0 aromatic heterocycles. The van der Waals surface area contributed by atoms with E-state index < -0.39 is 51.2 Å². The first-order valence-electron chi connectivity index (χ1n) is 17.7. The first-order valence-corrected chi connectivity index (χ1v) is 19.1. The van der Waals surface area contributed by atoms with Gasteiger partial charge in [0.25, 0.3) is 10.1 Å². The Balaban J connectivity index is 1.83. The summed E-state index contributed by atoms with van der Waals surface area (Å²) in [5, 5.41) is 5.55. The fraction of sp³-hybridized carbons (Fsp3) is 0.475. The van der Waals surface area contributed by atoms with E-state index >= 15 is 0 Å². The number of nitrogens with one attached hydrogen (secondary N) is 2. The molecule has 2 amide bonds. The zero-order chi connectivity index (χ0) is 41.0. The maximum absolute atomic E-state index is 14.0. The van der Waals surface area contributed by atoms with Crippen molar-refractivity contribution in [3.63, 3.8) is 0 Å². The topological polar surface area (TPSA) is 174 Å². The van der Waals surface area contributed by atoms with Crippen LogP contribution in [0.3, 0.4) is 0 Å². The Kier molecular flexibility index (Phi) is 15.8. The van der Waals surface area contributed by atoms with Crippen molar-refractivity contribution in [1.29, 1.82) is 0 Å². The van der Waals surface area contributed by atoms with Gasteiger partial charge in [-0.3, -0.25) is 8.98 Å². The molecule has 0 aliphatic carbocycles. The SMILES string of the molecule is COc1cc(OC)c(CNC(=O)[C@@H](Cc2ccc(OCCOS(=O)(=O)c3ccc(C)cc3)cc2)C[C@H](NC(=O)OC(C)(C)C)C(=O)OC(C)(C)C)c(OC)c1. The molecule has 0 saturated heterocycles. The summed E-state index contributed by atoms with van der Waals surface area (Å²) in [4.78, 5) is 40.5. The Morgan fingerprint density at radius 1 is 0.745 bits per heavy atom. The third-order valence-electron chi connectivity index (χ3n) is 7.84. The highest BCUT2D eigenvalue weighted by Crippen LogP contribution is 2.34. The Labute approximate surface area is 324 Å². The first kappa shape index (κ1) is 44.4. The van der Waals surface area contributed by atoms with E-state index in [4.69, 9.17) is 32.6 Å². The third-order valence-corrected chi connectivity index (χ3v) is 9.16. The molecule has 0 saturated carbocycles. The zero-order valence-electron chi connectivity index (χ0n) is 33.3. The molecule has 2 atom stereocenters. The molecule has 302 valence electrons. The minimum absolute atomic E-state index is 0.0107. The van der Waals surface area contributed by atoms with Gasteiger partial charge in [0, 0.05) is 18.1 Å². The van der Waals surface area contributed by atoms with Crippen LogP contribution in [0.5, 0.6) is 23.0 Å². The second-order valence-corrected chi connectivity index (χ2v) is 16.3. The molecule has 3 rings (SSSR count). The van der Waals surface area contributed by atoms with Crippen LogP contribution in [0, 0.1) is 12.8 Å². The molecule has 0 aliphatic heterocycles. The Hall–Kier alpha value is -5.02. The maximum Gasteiger partial charge on any atom is 0.408 e. The molecule has 0 aliphatic rings. The molecule has 0 bridgehead atoms. The number of benzene rings is 3. The summed E-state index contributed by atoms with van der Waals surface area (Å²) in [6.07, 6.45) is -0.828. The van der Waals surface area contributed by atoms with Crippen LogP contribution in [0.25, 0.3) is 0 Å². The van der Waals surface area contributed by atoms with Crippen molar-refractivity contribution in [1.82, 2.24) is 10.6 Å². The highest BCUT2D eigenvalue weighted by molar-refractivity contribution is 7.86. The molecule has 0 radical (unpaired) electrons. The summed E-state index contributed by atoms with van der Waals surface area (Å²) < 4.78 is 63.3. The standard InChI is InChI=1S/C40H54N2O12S/c1-26-11-17-31(18-12-26)55(46,47)52-20-19-51-29-15-13-27(14-16-29)21-28(22-33(37(44)53-39(2,3)4)42-38(45)54-40(5,6)7)36(43)41-25-32-34(49-9)23-30(48-8)24-35(32)50-10/h11-18,23-24,28,33H,19-22,25H2,1-10H3,(H,41,43)(H,42,45)/t28-,33-/m0/s1. The minimum Gasteiger partial charge on any atom is -0.496 e. The van der Waals surface area contributed by atoms with E-state index in [-0.39, 0.29) is 37.5 Å². The van der Waals surface area contributed by atoms with Gasteiger partial charge in [-0.2, -0.15) is 8.42 Å². The Morgan fingerprint density at radius 3 is 1.85 bits per heavy atom. The second-order valence-electron chi connectivity index (χ2n) is 14.7. The van der Waals surface area contributed by atoms with Crippen molar-refractivity contribution in [3.8, 4) is 23.0 Å². The van der Waals surface area contributed by atoms with Crippen molar-refractivity contribution in [2.24, 2.45) is 5.92 Å². The summed E-state index contributed by atoms with van der Waals surface area (Å²) in [7, 11) is 0.552. The number of rotatable bonds is 18. The van der Waals surface area contributed by atoms with Crippen molar-refractivity contribution in [2.45, 2.75) is 90.0 Å². The molecule has 0 heterocycles. The van der Waals surface area contributed by atoms with E-state index in [1.165, 1.54) is 33.5 Å². The van der Waals surface area contributed by atoms with Crippen molar-refractivity contribution < 1.29 is 55.4 Å². The largest absolute Gasteiger partial charge is 0.496 e. The van der Waals surface area contributed by atoms with Gasteiger partial charge in [0.2, 0.25) is 5.91 Å². The maximum atomic E-state index is 14.0. The summed E-state index contributed by atoms with van der Waals surface area (Å²) in [5.74, 6) is -0.216. The van der Waals surface area contributed by atoms with E-state index in [0.717, 1.165) is 5.56 Å². The number of ether oxygens (including phenoxy) is 6. The van der Waals surface area contributed by atoms with Crippen molar-refractivity contribution in [3.05, 3.63) is 77.4 Å². The summed E-state index contributed by atoms with van der Waals surface area (Å²) >= 11 is 0. The molecule has 55 heavy (non-hydrogen) atoms. The average Bonchev–Trinajstić information content (AvgIpc) is 3.10. The van der Waals surface area contributed by atoms with Crippen molar-refractivity contribution in [2.75, 3.05) is 34.5 Å². The van der Waals surface area contributed by atoms with Crippen LogP contribution in [0.1, 0.15) is 64.7 Å². The molecule has 3 aromatic rings. The normalized spacial score (nSPS) is 12.8. The van der Waals surface area contributed by atoms with Gasteiger partial charge in [-0.05, 0) is 91.1 Å². The lowest BCUT2D eigenvalue weighted by Gasteiger charge is -2.28. The van der Waals surface area contributed by atoms with Gasteiger partial charge in [-0.1, -0.05) is 29.8 Å². The van der Waals surface area contributed by atoms with E-state index in [1.807, 2.05) is 6.92 Å². The van der Waals surface area contributed by atoms with Gasteiger partial charge < -0.3 is 39.1 Å². The lowest BCUT2D eigenvalue weighted by Crippen LogP contribution is -2.48. The van der Waals surface area contributed by atoms with E-state index in [9.17, 15) is 22.8 Å². The molecular weight excluding hydrogens is 733 g/mol. The highest BCUT2D eigenvalue weighted by atomic mass is 32.2. The number of alkyl carbamates (subject to hydrolysis) is 1. The number of hydrogen-bond acceptors (Lipinski definition) is 12. The smallest absolute Gasteiger partial charge is 0.408 e. The molecule has 15 heteroatoms. The summed E-state index contributed by atoms with van der Waals surface area (Å²) in [6.45, 7) is 11.8. The predicted molar refractivity (Wildman–Crippen MR) is 205 cm³/mol. The van der Waals surface area contributed by atoms with E-state index in [0.29, 0.717) is 34.1 Å². The molecule has 3 aromatic carbocycles. The Morgan fingerprint density at radius 2 is 1.33 bits per heavy atom. The van der Waals surface area contributed by atoms with Gasteiger partial charge in [-0.15, -0.1) is 0 Å². The van der Waals surface area contributed by atoms with Gasteiger partial charge >= 0.3 is 12.1 Å². The number of aryl methyl sites for hydroxylation is 1. The van der Waals surface area contributed by atoms with E-state index in [2.05, 4.69) is 10.6 Å². The van der Waals surface area contributed by atoms with Crippen LogP contribution in [0.4, 0.5) is 4.79 Å². The molecule has 2 N–H and O–H groups in total. The molecule has 14 nitrogen and oxygen atoms in total. The van der Waals surface area contributed by atoms with Crippen LogP contribution in [-0.4, -0.2) is 78.2 Å². The van der Waals surface area contributed by atoms with Crippen LogP contribution in [-0.2, 0) is 46.3 Å². The Bertz CT molecular complexity index is 1820. The fourth-order valence-corrected chi connectivity index (χ4v) is 6.15. The van der Waals surface area contributed by atoms with Gasteiger partial charge in [-0.25, -0.2) is 9.59 Å². The number of esters is 1. The molecule has 0 spiro atoms. The lowest BCUT2D eigenvalue weighted by molar-refractivity contribution is -0.158. The number of carbonyl (C=O) groups is 3.